The van der Waals surface area contributed by atoms with Crippen molar-refractivity contribution >= 4 is 22.6 Å². The first-order valence-corrected chi connectivity index (χ1v) is 7.49. The lowest BCUT2D eigenvalue weighted by molar-refractivity contribution is 0.0301. The van der Waals surface area contributed by atoms with E-state index in [0.717, 1.165) is 29.2 Å². The molecule has 0 aliphatic heterocycles. The minimum atomic E-state index is 0.509. The molecule has 17 heavy (non-hydrogen) atoms. The summed E-state index contributed by atoms with van der Waals surface area (Å²) in [4.78, 5) is 0. The Bertz CT molecular complexity index is 321. The van der Waals surface area contributed by atoms with Gasteiger partial charge in [-0.3, -0.25) is 0 Å². The number of halogens is 1. The average Bonchev–Trinajstić information content (AvgIpc) is 2.76. The SMILES string of the molecule is Ic1ccc(CNCCOC2CCCCC2)o1. The van der Waals surface area contributed by atoms with Crippen molar-refractivity contribution in [3.05, 3.63) is 21.7 Å². The van der Waals surface area contributed by atoms with Gasteiger partial charge < -0.3 is 14.5 Å². The van der Waals surface area contributed by atoms with Crippen LogP contribution < -0.4 is 5.32 Å². The first kappa shape index (κ1) is 13.4. The fourth-order valence-corrected chi connectivity index (χ4v) is 2.65. The molecular weight excluding hydrogens is 329 g/mol. The van der Waals surface area contributed by atoms with E-state index in [1.54, 1.807) is 0 Å². The Labute approximate surface area is 116 Å². The van der Waals surface area contributed by atoms with Crippen molar-refractivity contribution in [1.82, 2.24) is 5.32 Å². The first-order chi connectivity index (χ1) is 8.34. The van der Waals surface area contributed by atoms with Crippen molar-refractivity contribution in [2.45, 2.75) is 44.8 Å². The number of nitrogens with one attached hydrogen (secondary N) is 1. The van der Waals surface area contributed by atoms with Gasteiger partial charge in [-0.15, -0.1) is 0 Å². The Morgan fingerprint density at radius 1 is 1.29 bits per heavy atom. The molecule has 4 heteroatoms. The van der Waals surface area contributed by atoms with E-state index in [1.807, 2.05) is 12.1 Å². The number of hydrogen-bond donors (Lipinski definition) is 1. The van der Waals surface area contributed by atoms with Gasteiger partial charge >= 0.3 is 0 Å². The van der Waals surface area contributed by atoms with Crippen LogP contribution in [-0.4, -0.2) is 19.3 Å². The highest BCUT2D eigenvalue weighted by molar-refractivity contribution is 14.1. The van der Waals surface area contributed by atoms with Crippen molar-refractivity contribution in [3.8, 4) is 0 Å². The monoisotopic (exact) mass is 349 g/mol. The van der Waals surface area contributed by atoms with Gasteiger partial charge in [-0.05, 0) is 47.6 Å². The minimum Gasteiger partial charge on any atom is -0.454 e. The zero-order valence-electron chi connectivity index (χ0n) is 10.1. The Hall–Kier alpha value is -0.0700. The third-order valence-electron chi connectivity index (χ3n) is 3.11. The Morgan fingerprint density at radius 3 is 2.82 bits per heavy atom. The Kier molecular flexibility index (Phi) is 5.80. The summed E-state index contributed by atoms with van der Waals surface area (Å²) in [5, 5.41) is 3.33. The zero-order chi connectivity index (χ0) is 11.9. The molecule has 96 valence electrons. The largest absolute Gasteiger partial charge is 0.454 e. The summed E-state index contributed by atoms with van der Waals surface area (Å²) in [5.41, 5.74) is 0. The highest BCUT2D eigenvalue weighted by atomic mass is 127. The third-order valence-corrected chi connectivity index (χ3v) is 3.69. The smallest absolute Gasteiger partial charge is 0.164 e. The summed E-state index contributed by atoms with van der Waals surface area (Å²) in [5.74, 6) is 0.993. The molecule has 3 nitrogen and oxygen atoms in total. The average molecular weight is 349 g/mol. The summed E-state index contributed by atoms with van der Waals surface area (Å²) < 4.78 is 12.2. The molecule has 0 aromatic carbocycles. The summed E-state index contributed by atoms with van der Waals surface area (Å²) in [6, 6.07) is 3.99. The maximum Gasteiger partial charge on any atom is 0.164 e. The summed E-state index contributed by atoms with van der Waals surface area (Å²) >= 11 is 2.18. The molecule has 0 atom stereocenters. The highest BCUT2D eigenvalue weighted by Gasteiger charge is 2.12. The maximum absolute atomic E-state index is 5.83. The van der Waals surface area contributed by atoms with E-state index in [9.17, 15) is 0 Å². The van der Waals surface area contributed by atoms with Crippen LogP contribution in [0.4, 0.5) is 0 Å². The molecular formula is C13H20INO2. The standard InChI is InChI=1S/C13H20INO2/c14-13-7-6-12(17-13)10-15-8-9-16-11-4-2-1-3-5-11/h6-7,11,15H,1-5,8-10H2. The van der Waals surface area contributed by atoms with E-state index in [0.29, 0.717) is 6.10 Å². The van der Waals surface area contributed by atoms with Gasteiger partial charge in [0.05, 0.1) is 19.3 Å². The van der Waals surface area contributed by atoms with Gasteiger partial charge in [0.2, 0.25) is 0 Å². The van der Waals surface area contributed by atoms with E-state index in [1.165, 1.54) is 32.1 Å². The van der Waals surface area contributed by atoms with Gasteiger partial charge in [-0.25, -0.2) is 0 Å². The van der Waals surface area contributed by atoms with E-state index in [2.05, 4.69) is 27.9 Å². The van der Waals surface area contributed by atoms with Crippen molar-refractivity contribution in [2.75, 3.05) is 13.2 Å². The third kappa shape index (κ3) is 4.97. The van der Waals surface area contributed by atoms with Gasteiger partial charge in [-0.1, -0.05) is 19.3 Å². The number of hydrogen-bond acceptors (Lipinski definition) is 3. The van der Waals surface area contributed by atoms with Gasteiger partial charge in [-0.2, -0.15) is 0 Å². The number of ether oxygens (including phenoxy) is 1. The lowest BCUT2D eigenvalue weighted by atomic mass is 9.98. The predicted octanol–water partition coefficient (Wildman–Crippen LogP) is 3.32. The second-order valence-corrected chi connectivity index (χ2v) is 5.58. The number of rotatable bonds is 6. The molecule has 1 saturated carbocycles. The minimum absolute atomic E-state index is 0.509. The molecule has 0 amide bonds. The molecule has 1 aliphatic carbocycles. The fraction of sp³-hybridized carbons (Fsp3) is 0.692. The van der Waals surface area contributed by atoms with Crippen molar-refractivity contribution in [2.24, 2.45) is 0 Å². The van der Waals surface area contributed by atoms with Crippen LogP contribution in [0.5, 0.6) is 0 Å². The van der Waals surface area contributed by atoms with Crippen LogP contribution in [0.1, 0.15) is 37.9 Å². The van der Waals surface area contributed by atoms with Crippen molar-refractivity contribution in [3.63, 3.8) is 0 Å². The molecule has 0 spiro atoms. The zero-order valence-corrected chi connectivity index (χ0v) is 12.2. The molecule has 1 aromatic heterocycles. The van der Waals surface area contributed by atoms with Crippen LogP contribution in [0, 0.1) is 3.77 Å². The van der Waals surface area contributed by atoms with Crippen LogP contribution in [0.2, 0.25) is 0 Å². The lowest BCUT2D eigenvalue weighted by Crippen LogP contribution is -2.24. The quantitative estimate of drug-likeness (QED) is 0.632. The molecule has 0 unspecified atom stereocenters. The van der Waals surface area contributed by atoms with Gasteiger partial charge in [0.1, 0.15) is 5.76 Å². The Morgan fingerprint density at radius 2 is 2.12 bits per heavy atom. The molecule has 1 fully saturated rings. The second-order valence-electron chi connectivity index (χ2n) is 4.51. The predicted molar refractivity (Wildman–Crippen MR) is 76.0 cm³/mol. The summed E-state index contributed by atoms with van der Waals surface area (Å²) in [6.45, 7) is 2.49. The molecule has 0 saturated heterocycles. The van der Waals surface area contributed by atoms with E-state index in [4.69, 9.17) is 9.15 Å². The van der Waals surface area contributed by atoms with E-state index >= 15 is 0 Å². The topological polar surface area (TPSA) is 34.4 Å². The van der Waals surface area contributed by atoms with Crippen molar-refractivity contribution < 1.29 is 9.15 Å². The maximum atomic E-state index is 5.83. The molecule has 0 radical (unpaired) electrons. The van der Waals surface area contributed by atoms with Crippen LogP contribution in [0.15, 0.2) is 16.5 Å². The summed E-state index contributed by atoms with van der Waals surface area (Å²) in [7, 11) is 0. The molecule has 1 aromatic rings. The van der Waals surface area contributed by atoms with Crippen LogP contribution in [-0.2, 0) is 11.3 Å². The lowest BCUT2D eigenvalue weighted by Gasteiger charge is -2.21. The van der Waals surface area contributed by atoms with E-state index in [-0.39, 0.29) is 0 Å². The molecule has 1 aliphatic rings. The van der Waals surface area contributed by atoms with E-state index < -0.39 is 0 Å². The van der Waals surface area contributed by atoms with Crippen molar-refractivity contribution in [1.29, 1.82) is 0 Å². The highest BCUT2D eigenvalue weighted by Crippen LogP contribution is 2.19. The van der Waals surface area contributed by atoms with Crippen LogP contribution in [0.25, 0.3) is 0 Å². The molecule has 1 N–H and O–H groups in total. The van der Waals surface area contributed by atoms with Gasteiger partial charge in [0, 0.05) is 6.54 Å². The molecule has 0 bridgehead atoms. The van der Waals surface area contributed by atoms with Gasteiger partial charge in [0.25, 0.3) is 0 Å². The van der Waals surface area contributed by atoms with Crippen LogP contribution >= 0.6 is 22.6 Å². The molecule has 1 heterocycles. The second kappa shape index (κ2) is 7.38. The molecule has 2 rings (SSSR count). The van der Waals surface area contributed by atoms with Gasteiger partial charge in [0.15, 0.2) is 3.77 Å². The Balaban J connectivity index is 1.51. The normalized spacial score (nSPS) is 17.5. The fourth-order valence-electron chi connectivity index (χ4n) is 2.19. The van der Waals surface area contributed by atoms with Crippen LogP contribution in [0.3, 0.4) is 0 Å². The summed E-state index contributed by atoms with van der Waals surface area (Å²) in [6.07, 6.45) is 7.06. The number of furan rings is 1. The first-order valence-electron chi connectivity index (χ1n) is 6.41.